The second-order valence-electron chi connectivity index (χ2n) is 9.64. The zero-order valence-corrected chi connectivity index (χ0v) is 24.5. The Morgan fingerprint density at radius 1 is 0.829 bits per heavy atom. The van der Waals surface area contributed by atoms with Gasteiger partial charge in [0.2, 0.25) is 10.0 Å². The van der Waals surface area contributed by atoms with Gasteiger partial charge in [0.25, 0.3) is 0 Å². The number of anilines is 2. The average molecular weight is 586 g/mol. The third kappa shape index (κ3) is 8.09. The molecule has 1 heterocycles. The van der Waals surface area contributed by atoms with Crippen molar-refractivity contribution in [2.24, 2.45) is 0 Å². The Balaban J connectivity index is 1.32. The lowest BCUT2D eigenvalue weighted by molar-refractivity contribution is 0.308. The van der Waals surface area contributed by atoms with Gasteiger partial charge in [-0.15, -0.1) is 11.3 Å². The molecule has 0 aliphatic heterocycles. The molecule has 9 heteroatoms. The third-order valence-electron chi connectivity index (χ3n) is 6.36. The fraction of sp³-hybridized carbons (Fsp3) is 0.156. The molecule has 0 atom stereocenters. The van der Waals surface area contributed by atoms with E-state index < -0.39 is 10.0 Å². The summed E-state index contributed by atoms with van der Waals surface area (Å²) in [5.41, 5.74) is 6.44. The van der Waals surface area contributed by atoms with Crippen LogP contribution in [-0.2, 0) is 29.7 Å². The first-order chi connectivity index (χ1) is 19.8. The number of nitrogens with zero attached hydrogens (tertiary/aromatic N) is 2. The molecular weight excluding hydrogens is 555 g/mol. The smallest absolute Gasteiger partial charge is 0.229 e. The molecule has 5 rings (SSSR count). The third-order valence-corrected chi connectivity index (χ3v) is 7.70. The molecule has 1 N–H and O–H groups in total. The highest BCUT2D eigenvalue weighted by Crippen LogP contribution is 2.31. The zero-order valence-electron chi connectivity index (χ0n) is 22.9. The predicted molar refractivity (Wildman–Crippen MR) is 165 cm³/mol. The summed E-state index contributed by atoms with van der Waals surface area (Å²) in [6.07, 6.45) is 2.97. The van der Waals surface area contributed by atoms with Gasteiger partial charge >= 0.3 is 0 Å². The molecule has 0 amide bonds. The Kier molecular flexibility index (Phi) is 8.86. The molecule has 0 aliphatic rings. The molecule has 0 spiro atoms. The van der Waals surface area contributed by atoms with Crippen molar-refractivity contribution >= 4 is 32.7 Å². The van der Waals surface area contributed by atoms with Gasteiger partial charge in [-0.25, -0.2) is 8.42 Å². The molecule has 0 saturated carbocycles. The number of hydrogen-bond donors (Lipinski definition) is 1. The number of nitrogens with one attached hydrogen (secondary N) is 1. The van der Waals surface area contributed by atoms with Gasteiger partial charge in [-0.3, -0.25) is 9.71 Å². The maximum absolute atomic E-state index is 11.9. The summed E-state index contributed by atoms with van der Waals surface area (Å²) in [5, 5.41) is 0. The maximum Gasteiger partial charge on any atom is 0.229 e. The number of thiazole rings is 1. The Labute approximate surface area is 245 Å². The fourth-order valence-corrected chi connectivity index (χ4v) is 5.55. The normalized spacial score (nSPS) is 11.2. The van der Waals surface area contributed by atoms with Gasteiger partial charge < -0.3 is 14.4 Å². The molecule has 7 nitrogen and oxygen atoms in total. The number of aromatic nitrogens is 1. The minimum absolute atomic E-state index is 0.467. The van der Waals surface area contributed by atoms with E-state index in [1.54, 1.807) is 29.1 Å². The van der Waals surface area contributed by atoms with Crippen molar-refractivity contribution in [1.82, 2.24) is 4.98 Å². The van der Waals surface area contributed by atoms with Crippen molar-refractivity contribution in [3.05, 3.63) is 130 Å². The predicted octanol–water partition coefficient (Wildman–Crippen LogP) is 7.40. The van der Waals surface area contributed by atoms with E-state index in [-0.39, 0.29) is 0 Å². The lowest BCUT2D eigenvalue weighted by Gasteiger charge is -2.28. The van der Waals surface area contributed by atoms with E-state index in [2.05, 4.69) is 26.7 Å². The van der Waals surface area contributed by atoms with E-state index >= 15 is 0 Å². The van der Waals surface area contributed by atoms with Gasteiger partial charge in [0.1, 0.15) is 23.9 Å². The van der Waals surface area contributed by atoms with Crippen LogP contribution >= 0.6 is 11.3 Å². The summed E-state index contributed by atoms with van der Waals surface area (Å²) in [6, 6.07) is 31.5. The summed E-state index contributed by atoms with van der Waals surface area (Å²) in [4.78, 5) is 7.38. The van der Waals surface area contributed by atoms with Crippen molar-refractivity contribution in [2.45, 2.75) is 26.6 Å². The van der Waals surface area contributed by atoms with Crippen LogP contribution in [0.1, 0.15) is 21.6 Å². The zero-order chi connectivity index (χ0) is 28.7. The SMILES string of the molecule is Cc1c(NS(C)(=O)=O)cccc1N(Cc1ccccc1)Cc1ccc(Oc2cccc(OCc3cncs3)c2)cc1. The second-order valence-corrected chi connectivity index (χ2v) is 12.4. The molecule has 0 unspecified atom stereocenters. The number of hydrogen-bond acceptors (Lipinski definition) is 7. The van der Waals surface area contributed by atoms with Crippen LogP contribution in [0.25, 0.3) is 0 Å². The van der Waals surface area contributed by atoms with Gasteiger partial charge in [-0.1, -0.05) is 54.6 Å². The number of benzene rings is 4. The van der Waals surface area contributed by atoms with Crippen LogP contribution in [-0.4, -0.2) is 19.7 Å². The molecule has 0 aliphatic carbocycles. The van der Waals surface area contributed by atoms with Gasteiger partial charge in [-0.2, -0.15) is 0 Å². The molecule has 0 saturated heterocycles. The Morgan fingerprint density at radius 2 is 1.54 bits per heavy atom. The van der Waals surface area contributed by atoms with E-state index in [1.807, 2.05) is 85.8 Å². The number of rotatable bonds is 12. The van der Waals surface area contributed by atoms with E-state index in [1.165, 1.54) is 0 Å². The highest BCUT2D eigenvalue weighted by molar-refractivity contribution is 7.92. The molecule has 0 bridgehead atoms. The minimum atomic E-state index is -3.40. The minimum Gasteiger partial charge on any atom is -0.488 e. The van der Waals surface area contributed by atoms with Crippen molar-refractivity contribution in [1.29, 1.82) is 0 Å². The first-order valence-corrected chi connectivity index (χ1v) is 15.8. The van der Waals surface area contributed by atoms with Crippen LogP contribution in [0, 0.1) is 6.92 Å². The van der Waals surface area contributed by atoms with Gasteiger partial charge in [0, 0.05) is 31.0 Å². The molecule has 4 aromatic carbocycles. The van der Waals surface area contributed by atoms with Gasteiger partial charge in [0.15, 0.2) is 0 Å². The molecule has 1 aromatic heterocycles. The molecule has 0 radical (unpaired) electrons. The summed E-state index contributed by atoms with van der Waals surface area (Å²) in [6.45, 7) is 3.69. The Bertz CT molecular complexity index is 1670. The van der Waals surface area contributed by atoms with Crippen LogP contribution in [0.5, 0.6) is 17.2 Å². The highest BCUT2D eigenvalue weighted by atomic mass is 32.2. The van der Waals surface area contributed by atoms with Crippen LogP contribution in [0.15, 0.2) is 109 Å². The van der Waals surface area contributed by atoms with E-state index in [9.17, 15) is 8.42 Å². The van der Waals surface area contributed by atoms with E-state index in [4.69, 9.17) is 9.47 Å². The summed E-state index contributed by atoms with van der Waals surface area (Å²) in [5.74, 6) is 2.14. The molecule has 210 valence electrons. The van der Waals surface area contributed by atoms with Crippen LogP contribution in [0.2, 0.25) is 0 Å². The number of sulfonamides is 1. The molecule has 41 heavy (non-hydrogen) atoms. The topological polar surface area (TPSA) is 80.8 Å². The average Bonchev–Trinajstić information content (AvgIpc) is 3.48. The van der Waals surface area contributed by atoms with Crippen molar-refractivity contribution in [3.8, 4) is 17.2 Å². The van der Waals surface area contributed by atoms with Crippen molar-refractivity contribution in [3.63, 3.8) is 0 Å². The fourth-order valence-electron chi connectivity index (χ4n) is 4.42. The summed E-state index contributed by atoms with van der Waals surface area (Å²) in [7, 11) is -3.40. The molecule has 0 fully saturated rings. The first kappa shape index (κ1) is 28.2. The summed E-state index contributed by atoms with van der Waals surface area (Å²) < 4.78 is 38.5. The Hall–Kier alpha value is -4.34. The van der Waals surface area contributed by atoms with E-state index in [0.29, 0.717) is 31.1 Å². The largest absolute Gasteiger partial charge is 0.488 e. The standard InChI is InChI=1S/C32H31N3O4S2/c1-24-31(34-41(2,36)37)12-7-13-32(24)35(20-25-8-4-3-5-9-25)21-26-14-16-27(17-15-26)39-29-11-6-10-28(18-29)38-22-30-19-33-23-40-30/h3-19,23,34H,20-22H2,1-2H3. The summed E-state index contributed by atoms with van der Waals surface area (Å²) >= 11 is 1.56. The van der Waals surface area contributed by atoms with E-state index in [0.717, 1.165) is 45.0 Å². The lowest BCUT2D eigenvalue weighted by atomic mass is 10.1. The van der Waals surface area contributed by atoms with Gasteiger partial charge in [0.05, 0.1) is 22.3 Å². The van der Waals surface area contributed by atoms with Gasteiger partial charge in [-0.05, 0) is 60.0 Å². The van der Waals surface area contributed by atoms with Crippen molar-refractivity contribution in [2.75, 3.05) is 15.9 Å². The monoisotopic (exact) mass is 585 g/mol. The quantitative estimate of drug-likeness (QED) is 0.164. The number of ether oxygens (including phenoxy) is 2. The van der Waals surface area contributed by atoms with Crippen LogP contribution < -0.4 is 19.1 Å². The lowest BCUT2D eigenvalue weighted by Crippen LogP contribution is -2.23. The molecular formula is C32H31N3O4S2. The Morgan fingerprint density at radius 3 is 2.24 bits per heavy atom. The van der Waals surface area contributed by atoms with Crippen LogP contribution in [0.3, 0.4) is 0 Å². The van der Waals surface area contributed by atoms with Crippen LogP contribution in [0.4, 0.5) is 11.4 Å². The molecule has 5 aromatic rings. The first-order valence-electron chi connectivity index (χ1n) is 13.1. The maximum atomic E-state index is 11.9. The second kappa shape index (κ2) is 12.9. The highest BCUT2D eigenvalue weighted by Gasteiger charge is 2.15. The van der Waals surface area contributed by atoms with Crippen molar-refractivity contribution < 1.29 is 17.9 Å².